The number of anilines is 1. The van der Waals surface area contributed by atoms with Crippen molar-refractivity contribution in [2.75, 3.05) is 39.2 Å². The molecule has 1 aliphatic rings. The lowest BCUT2D eigenvalue weighted by molar-refractivity contribution is 0.0614. The number of methoxy groups -OCH3 is 1. The number of piperidine rings is 1. The summed E-state index contributed by atoms with van der Waals surface area (Å²) in [6.45, 7) is 2.38. The highest BCUT2D eigenvalue weighted by atomic mass is 16.5. The lowest BCUT2D eigenvalue weighted by atomic mass is 9.97. The molecule has 0 aromatic carbocycles. The van der Waals surface area contributed by atoms with Crippen LogP contribution in [0.4, 0.5) is 5.69 Å². The number of ether oxygens (including phenoxy) is 1. The van der Waals surface area contributed by atoms with Gasteiger partial charge in [-0.3, -0.25) is 9.78 Å². The van der Waals surface area contributed by atoms with E-state index in [9.17, 15) is 4.79 Å². The fourth-order valence-corrected chi connectivity index (χ4v) is 2.49. The predicted molar refractivity (Wildman–Crippen MR) is 74.3 cm³/mol. The molecule has 1 aromatic heterocycles. The maximum absolute atomic E-state index is 12.5. The first-order valence-corrected chi connectivity index (χ1v) is 6.66. The second-order valence-corrected chi connectivity index (χ2v) is 4.86. The predicted octanol–water partition coefficient (Wildman–Crippen LogP) is 1.62. The Balaban J connectivity index is 2.01. The summed E-state index contributed by atoms with van der Waals surface area (Å²) in [5.74, 6) is 0.639. The third-order valence-electron chi connectivity index (χ3n) is 3.62. The van der Waals surface area contributed by atoms with Crippen LogP contribution in [-0.2, 0) is 4.74 Å². The fraction of sp³-hybridized carbons (Fsp3) is 0.571. The van der Waals surface area contributed by atoms with E-state index >= 15 is 0 Å². The van der Waals surface area contributed by atoms with E-state index in [0.29, 0.717) is 11.5 Å². The van der Waals surface area contributed by atoms with Crippen molar-refractivity contribution in [2.45, 2.75) is 12.8 Å². The van der Waals surface area contributed by atoms with Gasteiger partial charge in [0.25, 0.3) is 5.91 Å². The van der Waals surface area contributed by atoms with Gasteiger partial charge in [-0.2, -0.15) is 0 Å². The van der Waals surface area contributed by atoms with Crippen LogP contribution < -0.4 is 5.32 Å². The zero-order valence-electron chi connectivity index (χ0n) is 11.6. The van der Waals surface area contributed by atoms with E-state index < -0.39 is 0 Å². The lowest BCUT2D eigenvalue weighted by Gasteiger charge is -2.32. The second kappa shape index (κ2) is 6.52. The third kappa shape index (κ3) is 3.23. The average Bonchev–Trinajstić information content (AvgIpc) is 2.47. The van der Waals surface area contributed by atoms with Crippen molar-refractivity contribution in [3.63, 3.8) is 0 Å². The summed E-state index contributed by atoms with van der Waals surface area (Å²) < 4.78 is 5.17. The highest BCUT2D eigenvalue weighted by Crippen LogP contribution is 2.21. The minimum Gasteiger partial charge on any atom is -0.387 e. The van der Waals surface area contributed by atoms with Crippen molar-refractivity contribution in [1.82, 2.24) is 9.88 Å². The third-order valence-corrected chi connectivity index (χ3v) is 3.62. The molecule has 1 amide bonds. The Hall–Kier alpha value is -1.62. The van der Waals surface area contributed by atoms with Gasteiger partial charge in [-0.25, -0.2) is 0 Å². The van der Waals surface area contributed by atoms with Crippen LogP contribution in [-0.4, -0.2) is 49.6 Å². The maximum atomic E-state index is 12.5. The van der Waals surface area contributed by atoms with Crippen molar-refractivity contribution >= 4 is 11.6 Å². The standard InChI is InChI=1S/C14H21N3O2/c1-15-13-3-6-16-9-12(13)14(18)17-7-4-11(5-8-17)10-19-2/h3,6,9,11H,4-5,7-8,10H2,1-2H3,(H,15,16). The Morgan fingerprint density at radius 2 is 2.26 bits per heavy atom. The Kier molecular flexibility index (Phi) is 4.74. The topological polar surface area (TPSA) is 54.5 Å². The van der Waals surface area contributed by atoms with Crippen LogP contribution >= 0.6 is 0 Å². The number of nitrogens with one attached hydrogen (secondary N) is 1. The van der Waals surface area contributed by atoms with E-state index in [2.05, 4.69) is 10.3 Å². The Bertz CT molecular complexity index is 428. The Labute approximate surface area is 114 Å². The summed E-state index contributed by atoms with van der Waals surface area (Å²) in [4.78, 5) is 18.4. The van der Waals surface area contributed by atoms with E-state index in [4.69, 9.17) is 4.74 Å². The van der Waals surface area contributed by atoms with Gasteiger partial charge < -0.3 is 15.0 Å². The number of nitrogens with zero attached hydrogens (tertiary/aromatic N) is 2. The molecule has 19 heavy (non-hydrogen) atoms. The van der Waals surface area contributed by atoms with Gasteiger partial charge in [0.2, 0.25) is 0 Å². The van der Waals surface area contributed by atoms with Crippen LogP contribution in [0.2, 0.25) is 0 Å². The molecule has 5 heteroatoms. The zero-order valence-corrected chi connectivity index (χ0v) is 11.6. The van der Waals surface area contributed by atoms with E-state index in [1.807, 2.05) is 18.0 Å². The Morgan fingerprint density at radius 1 is 1.53 bits per heavy atom. The molecule has 0 unspecified atom stereocenters. The van der Waals surface area contributed by atoms with E-state index in [1.54, 1.807) is 19.5 Å². The first-order valence-electron chi connectivity index (χ1n) is 6.66. The van der Waals surface area contributed by atoms with Gasteiger partial charge >= 0.3 is 0 Å². The SMILES string of the molecule is CNc1ccncc1C(=O)N1CCC(COC)CC1. The van der Waals surface area contributed by atoms with Crippen LogP contribution in [0.15, 0.2) is 18.5 Å². The quantitative estimate of drug-likeness (QED) is 0.897. The molecule has 1 N–H and O–H groups in total. The molecule has 1 aromatic rings. The normalized spacial score (nSPS) is 16.4. The maximum Gasteiger partial charge on any atom is 0.257 e. The van der Waals surface area contributed by atoms with Gasteiger partial charge in [0.1, 0.15) is 0 Å². The first kappa shape index (κ1) is 13.8. The van der Waals surface area contributed by atoms with Crippen LogP contribution in [0.25, 0.3) is 0 Å². The van der Waals surface area contributed by atoms with Crippen LogP contribution in [0.5, 0.6) is 0 Å². The lowest BCUT2D eigenvalue weighted by Crippen LogP contribution is -2.39. The monoisotopic (exact) mass is 263 g/mol. The van der Waals surface area contributed by atoms with Gasteiger partial charge in [-0.05, 0) is 24.8 Å². The average molecular weight is 263 g/mol. The largest absolute Gasteiger partial charge is 0.387 e. The molecule has 0 atom stereocenters. The summed E-state index contributed by atoms with van der Waals surface area (Å²) in [7, 11) is 3.54. The molecular formula is C14H21N3O2. The first-order chi connectivity index (χ1) is 9.26. The molecule has 0 radical (unpaired) electrons. The van der Waals surface area contributed by atoms with Gasteiger partial charge in [0.15, 0.2) is 0 Å². The van der Waals surface area contributed by atoms with Crippen LogP contribution in [0.1, 0.15) is 23.2 Å². The molecule has 0 saturated carbocycles. The number of likely N-dealkylation sites (tertiary alicyclic amines) is 1. The van der Waals surface area contributed by atoms with Crippen molar-refractivity contribution in [3.8, 4) is 0 Å². The highest BCUT2D eigenvalue weighted by molar-refractivity contribution is 5.99. The van der Waals surface area contributed by atoms with Crippen molar-refractivity contribution in [1.29, 1.82) is 0 Å². The number of rotatable bonds is 4. The molecule has 0 spiro atoms. The molecule has 1 fully saturated rings. The number of amides is 1. The molecule has 1 saturated heterocycles. The fourth-order valence-electron chi connectivity index (χ4n) is 2.49. The smallest absolute Gasteiger partial charge is 0.257 e. The number of aromatic nitrogens is 1. The van der Waals surface area contributed by atoms with Crippen molar-refractivity contribution in [3.05, 3.63) is 24.0 Å². The van der Waals surface area contributed by atoms with Crippen LogP contribution in [0, 0.1) is 5.92 Å². The summed E-state index contributed by atoms with van der Waals surface area (Å²) >= 11 is 0. The molecule has 0 bridgehead atoms. The Morgan fingerprint density at radius 3 is 2.89 bits per heavy atom. The van der Waals surface area contributed by atoms with Crippen LogP contribution in [0.3, 0.4) is 0 Å². The minimum atomic E-state index is 0.0633. The number of hydrogen-bond donors (Lipinski definition) is 1. The summed E-state index contributed by atoms with van der Waals surface area (Å²) in [6, 6.07) is 1.82. The number of carbonyl (C=O) groups is 1. The molecule has 5 nitrogen and oxygen atoms in total. The summed E-state index contributed by atoms with van der Waals surface area (Å²) in [5, 5.41) is 3.04. The van der Waals surface area contributed by atoms with Gasteiger partial charge in [0.05, 0.1) is 5.56 Å². The zero-order chi connectivity index (χ0) is 13.7. The van der Waals surface area contributed by atoms with Gasteiger partial charge in [0, 0.05) is 51.9 Å². The van der Waals surface area contributed by atoms with E-state index in [1.165, 1.54) is 0 Å². The van der Waals surface area contributed by atoms with Crippen molar-refractivity contribution in [2.24, 2.45) is 5.92 Å². The minimum absolute atomic E-state index is 0.0633. The molecule has 1 aliphatic heterocycles. The van der Waals surface area contributed by atoms with E-state index in [-0.39, 0.29) is 5.91 Å². The number of hydrogen-bond acceptors (Lipinski definition) is 4. The molecular weight excluding hydrogens is 242 g/mol. The van der Waals surface area contributed by atoms with Crippen molar-refractivity contribution < 1.29 is 9.53 Å². The van der Waals surface area contributed by atoms with Gasteiger partial charge in [-0.15, -0.1) is 0 Å². The van der Waals surface area contributed by atoms with Gasteiger partial charge in [-0.1, -0.05) is 0 Å². The van der Waals surface area contributed by atoms with E-state index in [0.717, 1.165) is 38.2 Å². The summed E-state index contributed by atoms with van der Waals surface area (Å²) in [5.41, 5.74) is 1.48. The summed E-state index contributed by atoms with van der Waals surface area (Å²) in [6.07, 6.45) is 5.34. The number of carbonyl (C=O) groups excluding carboxylic acids is 1. The highest BCUT2D eigenvalue weighted by Gasteiger charge is 2.24. The number of pyridine rings is 1. The second-order valence-electron chi connectivity index (χ2n) is 4.86. The molecule has 0 aliphatic carbocycles. The molecule has 104 valence electrons. The molecule has 2 heterocycles. The molecule has 2 rings (SSSR count).